The molecule has 0 aromatic carbocycles. The third-order valence-corrected chi connectivity index (χ3v) is 3.10. The number of hydrogen-bond donors (Lipinski definition) is 2. The topological polar surface area (TPSA) is 86.2 Å². The summed E-state index contributed by atoms with van der Waals surface area (Å²) in [5.74, 6) is -0.346. The number of hydrogen-bond acceptors (Lipinski definition) is 2. The van der Waals surface area contributed by atoms with E-state index in [9.17, 15) is 9.59 Å². The fourth-order valence-corrected chi connectivity index (χ4v) is 2.49. The number of fused-ring (bicyclic) bond motifs is 2. The van der Waals surface area contributed by atoms with Crippen molar-refractivity contribution in [2.75, 3.05) is 0 Å². The summed E-state index contributed by atoms with van der Waals surface area (Å²) in [5.41, 5.74) is 11.1. The first-order valence-corrected chi connectivity index (χ1v) is 4.40. The molecule has 0 heterocycles. The Morgan fingerprint density at radius 3 is 2.38 bits per heavy atom. The minimum atomic E-state index is -0.351. The molecule has 13 heavy (non-hydrogen) atoms. The molecule has 0 radical (unpaired) electrons. The van der Waals surface area contributed by atoms with Crippen LogP contribution in [-0.4, -0.2) is 11.8 Å². The summed E-state index contributed by atoms with van der Waals surface area (Å²) in [5, 5.41) is 0. The number of allylic oxidation sites excluding steroid dienone is 1. The first kappa shape index (κ1) is 8.29. The van der Waals surface area contributed by atoms with Crippen LogP contribution >= 0.6 is 0 Å². The highest BCUT2D eigenvalue weighted by atomic mass is 16.1. The molecule has 3 unspecified atom stereocenters. The van der Waals surface area contributed by atoms with Gasteiger partial charge in [-0.3, -0.25) is 9.59 Å². The largest absolute Gasteiger partial charge is 0.369 e. The van der Waals surface area contributed by atoms with E-state index < -0.39 is 0 Å². The van der Waals surface area contributed by atoms with Gasteiger partial charge in [0.05, 0.1) is 0 Å². The predicted molar refractivity (Wildman–Crippen MR) is 46.2 cm³/mol. The van der Waals surface area contributed by atoms with Gasteiger partial charge in [0.1, 0.15) is 0 Å². The van der Waals surface area contributed by atoms with Crippen molar-refractivity contribution in [1.82, 2.24) is 0 Å². The summed E-state index contributed by atoms with van der Waals surface area (Å²) in [7, 11) is 0. The highest BCUT2D eigenvalue weighted by molar-refractivity contribution is 5.94. The van der Waals surface area contributed by atoms with Crippen LogP contribution < -0.4 is 11.5 Å². The van der Waals surface area contributed by atoms with Gasteiger partial charge in [-0.2, -0.15) is 0 Å². The Balaban J connectivity index is 2.20. The van der Waals surface area contributed by atoms with Gasteiger partial charge in [0.2, 0.25) is 11.8 Å². The number of carbonyl (C=O) groups is 2. The lowest BCUT2D eigenvalue weighted by molar-refractivity contribution is -0.122. The molecular formula is C9H12N2O2. The molecule has 0 aromatic heterocycles. The van der Waals surface area contributed by atoms with Gasteiger partial charge < -0.3 is 11.5 Å². The van der Waals surface area contributed by atoms with Crippen molar-refractivity contribution < 1.29 is 9.59 Å². The molecule has 2 aliphatic rings. The minimum absolute atomic E-state index is 0.0758. The van der Waals surface area contributed by atoms with E-state index in [4.69, 9.17) is 11.5 Å². The molecule has 0 spiro atoms. The van der Waals surface area contributed by atoms with Gasteiger partial charge in [0.25, 0.3) is 0 Å². The number of carbonyl (C=O) groups excluding carboxylic acids is 2. The van der Waals surface area contributed by atoms with Crippen LogP contribution in [0.5, 0.6) is 0 Å². The number of nitrogens with two attached hydrogens (primary N) is 2. The first-order valence-electron chi connectivity index (χ1n) is 4.40. The van der Waals surface area contributed by atoms with E-state index in [-0.39, 0.29) is 29.6 Å². The molecule has 4 nitrogen and oxygen atoms in total. The Morgan fingerprint density at radius 1 is 1.31 bits per heavy atom. The maximum Gasteiger partial charge on any atom is 0.244 e. The van der Waals surface area contributed by atoms with Crippen molar-refractivity contribution in [1.29, 1.82) is 0 Å². The third kappa shape index (κ3) is 1.13. The van der Waals surface area contributed by atoms with Crippen LogP contribution in [0.2, 0.25) is 0 Å². The number of amides is 2. The van der Waals surface area contributed by atoms with E-state index in [1.54, 1.807) is 0 Å². The monoisotopic (exact) mass is 180 g/mol. The minimum Gasteiger partial charge on any atom is -0.369 e. The molecule has 2 rings (SSSR count). The Labute approximate surface area is 76.0 Å². The average Bonchev–Trinajstić information content (AvgIpc) is 2.60. The van der Waals surface area contributed by atoms with Crippen LogP contribution in [0.1, 0.15) is 12.8 Å². The smallest absolute Gasteiger partial charge is 0.244 e. The summed E-state index contributed by atoms with van der Waals surface area (Å²) in [4.78, 5) is 21.9. The summed E-state index contributed by atoms with van der Waals surface area (Å²) in [6.07, 6.45) is 3.40. The maximum atomic E-state index is 10.9. The van der Waals surface area contributed by atoms with Crippen LogP contribution in [0.3, 0.4) is 0 Å². The van der Waals surface area contributed by atoms with Crippen molar-refractivity contribution in [3.8, 4) is 0 Å². The summed E-state index contributed by atoms with van der Waals surface area (Å²) in [6, 6.07) is 0. The first-order chi connectivity index (χ1) is 6.09. The molecule has 2 amide bonds. The van der Waals surface area contributed by atoms with Gasteiger partial charge in [-0.25, -0.2) is 0 Å². The average molecular weight is 180 g/mol. The maximum absolute atomic E-state index is 10.9. The van der Waals surface area contributed by atoms with Crippen molar-refractivity contribution >= 4 is 11.8 Å². The van der Waals surface area contributed by atoms with E-state index >= 15 is 0 Å². The molecular weight excluding hydrogens is 168 g/mol. The number of primary amides is 2. The van der Waals surface area contributed by atoms with E-state index in [0.29, 0.717) is 12.0 Å². The molecule has 0 saturated heterocycles. The Bertz CT molecular complexity index is 309. The second-order valence-electron chi connectivity index (χ2n) is 3.83. The van der Waals surface area contributed by atoms with Crippen LogP contribution in [0.25, 0.3) is 0 Å². The predicted octanol–water partition coefficient (Wildman–Crippen LogP) is -0.461. The zero-order chi connectivity index (χ0) is 9.59. The number of rotatable bonds is 2. The van der Waals surface area contributed by atoms with Gasteiger partial charge in [-0.1, -0.05) is 6.08 Å². The van der Waals surface area contributed by atoms with Crippen molar-refractivity contribution in [3.63, 3.8) is 0 Å². The lowest BCUT2D eigenvalue weighted by atomic mass is 9.89. The molecule has 3 atom stereocenters. The zero-order valence-corrected chi connectivity index (χ0v) is 7.19. The van der Waals surface area contributed by atoms with E-state index in [1.807, 2.05) is 6.08 Å². The molecule has 70 valence electrons. The SMILES string of the molecule is NC(=O)C1=CC2CC1CC2C(N)=O. The molecule has 2 aliphatic carbocycles. The fourth-order valence-electron chi connectivity index (χ4n) is 2.49. The van der Waals surface area contributed by atoms with Crippen LogP contribution in [-0.2, 0) is 9.59 Å². The van der Waals surface area contributed by atoms with Crippen molar-refractivity contribution in [2.24, 2.45) is 29.2 Å². The fraction of sp³-hybridized carbons (Fsp3) is 0.556. The molecule has 1 fully saturated rings. The molecule has 4 N–H and O–H groups in total. The van der Waals surface area contributed by atoms with Crippen molar-refractivity contribution in [3.05, 3.63) is 11.6 Å². The molecule has 4 heteroatoms. The molecule has 2 bridgehead atoms. The Hall–Kier alpha value is -1.32. The van der Waals surface area contributed by atoms with Gasteiger partial charge in [0.15, 0.2) is 0 Å². The summed E-state index contributed by atoms with van der Waals surface area (Å²) < 4.78 is 0. The van der Waals surface area contributed by atoms with Crippen LogP contribution in [0.15, 0.2) is 11.6 Å². The van der Waals surface area contributed by atoms with Crippen LogP contribution in [0, 0.1) is 17.8 Å². The molecule has 0 aromatic rings. The molecule has 0 aliphatic heterocycles. The van der Waals surface area contributed by atoms with Gasteiger partial charge >= 0.3 is 0 Å². The normalized spacial score (nSPS) is 36.0. The van der Waals surface area contributed by atoms with Crippen molar-refractivity contribution in [2.45, 2.75) is 12.8 Å². The van der Waals surface area contributed by atoms with Gasteiger partial charge in [-0.05, 0) is 24.7 Å². The van der Waals surface area contributed by atoms with Gasteiger partial charge in [-0.15, -0.1) is 0 Å². The highest BCUT2D eigenvalue weighted by Crippen LogP contribution is 2.47. The third-order valence-electron chi connectivity index (χ3n) is 3.10. The summed E-state index contributed by atoms with van der Waals surface area (Å²) in [6.45, 7) is 0. The molecule has 1 saturated carbocycles. The second kappa shape index (κ2) is 2.58. The summed E-state index contributed by atoms with van der Waals surface area (Å²) >= 11 is 0. The van der Waals surface area contributed by atoms with E-state index in [2.05, 4.69) is 0 Å². The van der Waals surface area contributed by atoms with Gasteiger partial charge in [0, 0.05) is 11.5 Å². The Kier molecular flexibility index (Phi) is 1.65. The van der Waals surface area contributed by atoms with E-state index in [0.717, 1.165) is 6.42 Å². The Morgan fingerprint density at radius 2 is 2.00 bits per heavy atom. The van der Waals surface area contributed by atoms with Crippen LogP contribution in [0.4, 0.5) is 0 Å². The highest BCUT2D eigenvalue weighted by Gasteiger charge is 2.44. The quantitative estimate of drug-likeness (QED) is 0.602. The standard InChI is InChI=1S/C9H12N2O2/c10-8(12)6-2-4-1-5(6)3-7(4)9(11)13/h2,4-5,7H,1,3H2,(H2,10,12)(H2,11,13). The second-order valence-corrected chi connectivity index (χ2v) is 3.83. The zero-order valence-electron chi connectivity index (χ0n) is 7.19. The lowest BCUT2D eigenvalue weighted by Gasteiger charge is -2.16. The lowest BCUT2D eigenvalue weighted by Crippen LogP contribution is -2.28. The van der Waals surface area contributed by atoms with E-state index in [1.165, 1.54) is 0 Å².